The first kappa shape index (κ1) is 18.7. The number of ether oxygens (including phenoxy) is 1. The topological polar surface area (TPSA) is 87.2 Å². The summed E-state index contributed by atoms with van der Waals surface area (Å²) in [5.74, 6) is 0.314. The Hall–Kier alpha value is -2.10. The maximum Gasteiger partial charge on any atom is 0.238 e. The van der Waals surface area contributed by atoms with Crippen molar-refractivity contribution < 1.29 is 17.5 Å². The third-order valence-electron chi connectivity index (χ3n) is 3.91. The van der Waals surface area contributed by atoms with E-state index >= 15 is 0 Å². The smallest absolute Gasteiger partial charge is 0.238 e. The average Bonchev–Trinajstić information content (AvgIpc) is 2.96. The first-order valence-corrected chi connectivity index (χ1v) is 10.3. The van der Waals surface area contributed by atoms with Gasteiger partial charge in [0.25, 0.3) is 0 Å². The Morgan fingerprint density at radius 2 is 2.04 bits per heavy atom. The summed E-state index contributed by atoms with van der Waals surface area (Å²) in [5, 5.41) is 5.91. The van der Waals surface area contributed by atoms with E-state index in [1.807, 2.05) is 11.5 Å². The lowest BCUT2D eigenvalue weighted by atomic mass is 10.2. The fourth-order valence-corrected chi connectivity index (χ4v) is 4.18. The van der Waals surface area contributed by atoms with Crippen LogP contribution < -0.4 is 9.88 Å². The van der Waals surface area contributed by atoms with Gasteiger partial charge in [-0.2, -0.15) is 0 Å². The van der Waals surface area contributed by atoms with Crippen molar-refractivity contribution in [3.63, 3.8) is 0 Å². The van der Waals surface area contributed by atoms with Gasteiger partial charge in [-0.05, 0) is 42.8 Å². The van der Waals surface area contributed by atoms with E-state index < -0.39 is 15.8 Å². The van der Waals surface area contributed by atoms with Crippen molar-refractivity contribution in [3.05, 3.63) is 47.8 Å². The lowest BCUT2D eigenvalue weighted by molar-refractivity contribution is 0.386. The van der Waals surface area contributed by atoms with E-state index in [1.165, 1.54) is 37.1 Å². The van der Waals surface area contributed by atoms with E-state index in [9.17, 15) is 12.8 Å². The molecule has 0 saturated carbocycles. The van der Waals surface area contributed by atoms with E-state index in [-0.39, 0.29) is 10.6 Å². The summed E-state index contributed by atoms with van der Waals surface area (Å²) in [5.41, 5.74) is 2.18. The van der Waals surface area contributed by atoms with Crippen LogP contribution in [0.25, 0.3) is 11.0 Å². The fourth-order valence-electron chi connectivity index (χ4n) is 2.63. The molecule has 0 aliphatic carbocycles. The van der Waals surface area contributed by atoms with Gasteiger partial charge in [-0.15, -0.1) is 0 Å². The number of aromatic nitrogens is 2. The number of halogens is 1. The standard InChI is InChI=1S/C17H18FN3O3S2/c1-3-21-15-6-5-12(26(19,22)23)9-14(15)20-17(21)25-10-11-4-7-16(24-2)13(18)8-11/h4-9H,3,10H2,1-2H3,(H2,19,22,23). The van der Waals surface area contributed by atoms with Crippen LogP contribution in [0, 0.1) is 5.82 Å². The summed E-state index contributed by atoms with van der Waals surface area (Å²) < 4.78 is 43.8. The van der Waals surface area contributed by atoms with Gasteiger partial charge in [0.2, 0.25) is 10.0 Å². The minimum atomic E-state index is -3.78. The Morgan fingerprint density at radius 3 is 2.65 bits per heavy atom. The number of nitrogens with two attached hydrogens (primary N) is 1. The maximum absolute atomic E-state index is 13.8. The highest BCUT2D eigenvalue weighted by molar-refractivity contribution is 7.98. The normalized spacial score (nSPS) is 11.8. The zero-order chi connectivity index (χ0) is 18.9. The zero-order valence-corrected chi connectivity index (χ0v) is 15.9. The quantitative estimate of drug-likeness (QED) is 0.648. The predicted molar refractivity (Wildman–Crippen MR) is 99.3 cm³/mol. The molecular formula is C17H18FN3O3S2. The van der Waals surface area contributed by atoms with Crippen molar-refractivity contribution in [3.8, 4) is 5.75 Å². The van der Waals surface area contributed by atoms with Crippen LogP contribution >= 0.6 is 11.8 Å². The second-order valence-corrected chi connectivity index (χ2v) is 8.10. The summed E-state index contributed by atoms with van der Waals surface area (Å²) >= 11 is 1.45. The van der Waals surface area contributed by atoms with Crippen LogP contribution in [-0.2, 0) is 22.3 Å². The number of methoxy groups -OCH3 is 1. The van der Waals surface area contributed by atoms with Crippen LogP contribution in [-0.4, -0.2) is 25.1 Å². The summed E-state index contributed by atoms with van der Waals surface area (Å²) in [6.45, 7) is 2.65. The van der Waals surface area contributed by atoms with Gasteiger partial charge in [0.15, 0.2) is 16.7 Å². The largest absolute Gasteiger partial charge is 0.494 e. The van der Waals surface area contributed by atoms with Crippen LogP contribution in [0.2, 0.25) is 0 Å². The molecule has 0 unspecified atom stereocenters. The van der Waals surface area contributed by atoms with Gasteiger partial charge in [0.05, 0.1) is 23.0 Å². The number of aryl methyl sites for hydroxylation is 1. The minimum absolute atomic E-state index is 0.0273. The molecule has 3 aromatic rings. The minimum Gasteiger partial charge on any atom is -0.494 e. The number of sulfonamides is 1. The Kier molecular flexibility index (Phi) is 5.22. The van der Waals surface area contributed by atoms with Crippen LogP contribution in [0.1, 0.15) is 12.5 Å². The number of hydrogen-bond acceptors (Lipinski definition) is 5. The molecule has 2 aromatic carbocycles. The maximum atomic E-state index is 13.8. The van der Waals surface area contributed by atoms with Crippen molar-refractivity contribution in [1.82, 2.24) is 9.55 Å². The van der Waals surface area contributed by atoms with Gasteiger partial charge in [0.1, 0.15) is 0 Å². The molecule has 0 amide bonds. The molecule has 0 aliphatic rings. The second kappa shape index (κ2) is 7.26. The number of hydrogen-bond donors (Lipinski definition) is 1. The van der Waals surface area contributed by atoms with Crippen molar-refractivity contribution in [2.24, 2.45) is 5.14 Å². The molecule has 0 fully saturated rings. The summed E-state index contributed by atoms with van der Waals surface area (Å²) in [6, 6.07) is 9.46. The van der Waals surface area contributed by atoms with Gasteiger partial charge < -0.3 is 9.30 Å². The molecule has 0 bridgehead atoms. The van der Waals surface area contributed by atoms with Crippen LogP contribution in [0.5, 0.6) is 5.75 Å². The Balaban J connectivity index is 1.91. The van der Waals surface area contributed by atoms with Gasteiger partial charge in [-0.25, -0.2) is 22.9 Å². The van der Waals surface area contributed by atoms with E-state index in [0.29, 0.717) is 17.8 Å². The third-order valence-corrected chi connectivity index (χ3v) is 5.87. The summed E-state index contributed by atoms with van der Waals surface area (Å²) in [7, 11) is -2.36. The molecule has 0 atom stereocenters. The number of nitrogens with zero attached hydrogens (tertiary/aromatic N) is 2. The van der Waals surface area contributed by atoms with Crippen LogP contribution in [0.15, 0.2) is 46.5 Å². The van der Waals surface area contributed by atoms with Gasteiger partial charge in [0, 0.05) is 12.3 Å². The van der Waals surface area contributed by atoms with E-state index in [0.717, 1.165) is 16.2 Å². The number of imidazole rings is 1. The molecule has 1 heterocycles. The molecular weight excluding hydrogens is 377 g/mol. The second-order valence-electron chi connectivity index (χ2n) is 5.59. The fraction of sp³-hybridized carbons (Fsp3) is 0.235. The predicted octanol–water partition coefficient (Wildman–Crippen LogP) is 3.14. The third kappa shape index (κ3) is 3.69. The Morgan fingerprint density at radius 1 is 1.27 bits per heavy atom. The highest BCUT2D eigenvalue weighted by atomic mass is 32.2. The lowest BCUT2D eigenvalue weighted by Crippen LogP contribution is -2.11. The monoisotopic (exact) mass is 395 g/mol. The average molecular weight is 395 g/mol. The van der Waals surface area contributed by atoms with Gasteiger partial charge >= 0.3 is 0 Å². The number of benzene rings is 2. The highest BCUT2D eigenvalue weighted by Gasteiger charge is 2.15. The number of primary sulfonamides is 1. The molecule has 138 valence electrons. The van der Waals surface area contributed by atoms with Crippen LogP contribution in [0.3, 0.4) is 0 Å². The zero-order valence-electron chi connectivity index (χ0n) is 14.3. The number of thioether (sulfide) groups is 1. The molecule has 1 aromatic heterocycles. The van der Waals surface area contributed by atoms with Gasteiger partial charge in [-0.3, -0.25) is 0 Å². The molecule has 0 saturated heterocycles. The summed E-state index contributed by atoms with van der Waals surface area (Å²) in [4.78, 5) is 4.54. The van der Waals surface area contributed by atoms with E-state index in [4.69, 9.17) is 9.88 Å². The first-order valence-electron chi connectivity index (χ1n) is 7.81. The van der Waals surface area contributed by atoms with Crippen molar-refractivity contribution in [2.45, 2.75) is 29.3 Å². The van der Waals surface area contributed by atoms with Gasteiger partial charge in [-0.1, -0.05) is 17.8 Å². The number of rotatable bonds is 6. The van der Waals surface area contributed by atoms with Crippen molar-refractivity contribution in [1.29, 1.82) is 0 Å². The molecule has 26 heavy (non-hydrogen) atoms. The SMILES string of the molecule is CCn1c(SCc2ccc(OC)c(F)c2)nc2cc(S(N)(=O)=O)ccc21. The highest BCUT2D eigenvalue weighted by Crippen LogP contribution is 2.29. The molecule has 3 rings (SSSR count). The molecule has 0 aliphatic heterocycles. The molecule has 9 heteroatoms. The van der Waals surface area contributed by atoms with E-state index in [2.05, 4.69) is 4.98 Å². The number of fused-ring (bicyclic) bond motifs is 1. The first-order chi connectivity index (χ1) is 12.3. The van der Waals surface area contributed by atoms with Crippen LogP contribution in [0.4, 0.5) is 4.39 Å². The molecule has 6 nitrogen and oxygen atoms in total. The molecule has 0 radical (unpaired) electrons. The molecule has 2 N–H and O–H groups in total. The summed E-state index contributed by atoms with van der Waals surface area (Å²) in [6.07, 6.45) is 0. The Labute approximate surface area is 155 Å². The molecule has 0 spiro atoms. The van der Waals surface area contributed by atoms with Crippen molar-refractivity contribution in [2.75, 3.05) is 7.11 Å². The van der Waals surface area contributed by atoms with E-state index in [1.54, 1.807) is 18.2 Å². The van der Waals surface area contributed by atoms with Crippen molar-refractivity contribution >= 4 is 32.8 Å². The lowest BCUT2D eigenvalue weighted by Gasteiger charge is -2.07. The Bertz CT molecular complexity index is 1060.